The maximum absolute atomic E-state index is 12.8. The van der Waals surface area contributed by atoms with E-state index < -0.39 is 11.8 Å². The minimum atomic E-state index is -0.583. The van der Waals surface area contributed by atoms with Crippen molar-refractivity contribution in [2.24, 2.45) is 0 Å². The molecule has 0 atom stereocenters. The van der Waals surface area contributed by atoms with Crippen molar-refractivity contribution in [1.29, 1.82) is 0 Å². The van der Waals surface area contributed by atoms with Gasteiger partial charge in [-0.25, -0.2) is 0 Å². The second-order valence-electron chi connectivity index (χ2n) is 9.45. The zero-order chi connectivity index (χ0) is 28.1. The normalized spacial score (nSPS) is 14.3. The zero-order valence-electron chi connectivity index (χ0n) is 22.3. The van der Waals surface area contributed by atoms with Gasteiger partial charge in [-0.05, 0) is 57.3 Å². The first-order valence-corrected chi connectivity index (χ1v) is 13.6. The molecule has 1 fully saturated rings. The van der Waals surface area contributed by atoms with Gasteiger partial charge in [0.2, 0.25) is 5.91 Å². The number of thiophene rings is 1. The Labute approximate surface area is 236 Å². The summed E-state index contributed by atoms with van der Waals surface area (Å²) in [5.41, 5.74) is 5.50. The van der Waals surface area contributed by atoms with Crippen molar-refractivity contribution in [3.63, 3.8) is 0 Å². The van der Waals surface area contributed by atoms with Crippen LogP contribution in [0.3, 0.4) is 0 Å². The highest BCUT2D eigenvalue weighted by Crippen LogP contribution is 2.37. The Morgan fingerprint density at radius 3 is 2.41 bits per heavy atom. The fraction of sp³-hybridized carbons (Fsp3) is 0.370. The molecular formula is C27H32ClN5O5S. The Bertz CT molecular complexity index is 1370. The molecule has 2 heterocycles. The van der Waals surface area contributed by atoms with Crippen LogP contribution in [-0.4, -0.2) is 81.5 Å². The minimum Gasteiger partial charge on any atom is -0.497 e. The van der Waals surface area contributed by atoms with E-state index in [-0.39, 0.29) is 22.1 Å². The molecule has 3 aromatic rings. The summed E-state index contributed by atoms with van der Waals surface area (Å²) in [6.45, 7) is 2.03. The molecule has 12 heteroatoms. The predicted octanol–water partition coefficient (Wildman–Crippen LogP) is 3.61. The molecule has 2 aromatic carbocycles. The number of halogens is 1. The lowest BCUT2D eigenvalue weighted by Gasteiger charge is -2.34. The highest BCUT2D eigenvalue weighted by molar-refractivity contribution is 7.21. The van der Waals surface area contributed by atoms with Crippen LogP contribution in [-0.2, 0) is 4.79 Å². The topological polar surface area (TPSA) is 112 Å². The maximum atomic E-state index is 12.8. The number of hydrazine groups is 1. The SMILES string of the molecule is COc1ccc2c(Cl)c(C(=O)NNC(=O)c3ccc(NC(=O)CN4CCC(N(C)C)CC4)cc3OC)sc2c1. The van der Waals surface area contributed by atoms with E-state index in [9.17, 15) is 14.4 Å². The quantitative estimate of drug-likeness (QED) is 0.353. The number of amides is 3. The van der Waals surface area contributed by atoms with E-state index in [0.717, 1.165) is 36.0 Å². The molecule has 4 rings (SSSR count). The highest BCUT2D eigenvalue weighted by atomic mass is 35.5. The molecule has 208 valence electrons. The third kappa shape index (κ3) is 6.80. The third-order valence-corrected chi connectivity index (χ3v) is 8.37. The molecule has 0 bridgehead atoms. The Kier molecular flexibility index (Phi) is 9.28. The van der Waals surface area contributed by atoms with Crippen LogP contribution in [0.2, 0.25) is 5.02 Å². The number of benzene rings is 2. The summed E-state index contributed by atoms with van der Waals surface area (Å²) in [5, 5.41) is 3.88. The lowest BCUT2D eigenvalue weighted by molar-refractivity contribution is -0.117. The maximum Gasteiger partial charge on any atom is 0.281 e. The van der Waals surface area contributed by atoms with Gasteiger partial charge >= 0.3 is 0 Å². The van der Waals surface area contributed by atoms with Gasteiger partial charge in [-0.15, -0.1) is 11.3 Å². The van der Waals surface area contributed by atoms with Gasteiger partial charge in [0.15, 0.2) is 0 Å². The highest BCUT2D eigenvalue weighted by Gasteiger charge is 2.23. The Hall–Kier alpha value is -3.38. The number of fused-ring (bicyclic) bond motifs is 1. The number of carbonyl (C=O) groups is 3. The van der Waals surface area contributed by atoms with Gasteiger partial charge in [0.25, 0.3) is 11.8 Å². The zero-order valence-corrected chi connectivity index (χ0v) is 23.9. The molecule has 39 heavy (non-hydrogen) atoms. The van der Waals surface area contributed by atoms with Crippen LogP contribution >= 0.6 is 22.9 Å². The number of ether oxygens (including phenoxy) is 2. The number of nitrogens with one attached hydrogen (secondary N) is 3. The summed E-state index contributed by atoms with van der Waals surface area (Å²) >= 11 is 7.60. The molecule has 0 saturated carbocycles. The minimum absolute atomic E-state index is 0.136. The number of anilines is 1. The lowest BCUT2D eigenvalue weighted by Crippen LogP contribution is -2.44. The van der Waals surface area contributed by atoms with Crippen LogP contribution in [0.25, 0.3) is 10.1 Å². The van der Waals surface area contributed by atoms with Crippen molar-refractivity contribution in [1.82, 2.24) is 20.7 Å². The summed E-state index contributed by atoms with van der Waals surface area (Å²) in [6, 6.07) is 10.6. The lowest BCUT2D eigenvalue weighted by atomic mass is 10.0. The number of carbonyl (C=O) groups excluding carboxylic acids is 3. The number of methoxy groups -OCH3 is 2. The molecule has 0 spiro atoms. The average molecular weight is 574 g/mol. The first-order valence-electron chi connectivity index (χ1n) is 12.4. The second-order valence-corrected chi connectivity index (χ2v) is 10.9. The molecule has 3 N–H and O–H groups in total. The van der Waals surface area contributed by atoms with Crippen molar-refractivity contribution in [3.8, 4) is 11.5 Å². The Balaban J connectivity index is 1.34. The van der Waals surface area contributed by atoms with Crippen LogP contribution in [0.1, 0.15) is 32.9 Å². The van der Waals surface area contributed by atoms with Gasteiger partial charge in [-0.3, -0.25) is 30.1 Å². The molecule has 1 aliphatic heterocycles. The van der Waals surface area contributed by atoms with Crippen LogP contribution in [0.5, 0.6) is 11.5 Å². The van der Waals surface area contributed by atoms with E-state index in [2.05, 4.69) is 40.1 Å². The van der Waals surface area contributed by atoms with Gasteiger partial charge in [0, 0.05) is 41.0 Å². The first-order chi connectivity index (χ1) is 18.7. The summed E-state index contributed by atoms with van der Waals surface area (Å²) < 4.78 is 11.4. The number of hydrogen-bond donors (Lipinski definition) is 3. The van der Waals surface area contributed by atoms with Crippen molar-refractivity contribution in [3.05, 3.63) is 51.9 Å². The average Bonchev–Trinajstić information content (AvgIpc) is 3.27. The van der Waals surface area contributed by atoms with Gasteiger partial charge in [0.1, 0.15) is 16.4 Å². The molecule has 1 aliphatic rings. The first kappa shape index (κ1) is 28.6. The van der Waals surface area contributed by atoms with E-state index in [1.54, 1.807) is 37.4 Å². The van der Waals surface area contributed by atoms with Crippen LogP contribution in [0.4, 0.5) is 5.69 Å². The number of nitrogens with zero attached hydrogens (tertiary/aromatic N) is 2. The van der Waals surface area contributed by atoms with Crippen molar-refractivity contribution < 1.29 is 23.9 Å². The molecule has 1 aromatic heterocycles. The molecular weight excluding hydrogens is 542 g/mol. The molecule has 1 saturated heterocycles. The van der Waals surface area contributed by atoms with Gasteiger partial charge in [-0.1, -0.05) is 11.6 Å². The Morgan fingerprint density at radius 2 is 1.74 bits per heavy atom. The van der Waals surface area contributed by atoms with Crippen molar-refractivity contribution in [2.45, 2.75) is 18.9 Å². The van der Waals surface area contributed by atoms with Gasteiger partial charge in [0.05, 0.1) is 31.4 Å². The molecule has 0 unspecified atom stereocenters. The Morgan fingerprint density at radius 1 is 1.03 bits per heavy atom. The monoisotopic (exact) mass is 573 g/mol. The number of rotatable bonds is 8. The van der Waals surface area contributed by atoms with Crippen LogP contribution in [0.15, 0.2) is 36.4 Å². The second kappa shape index (κ2) is 12.6. The molecule has 3 amide bonds. The smallest absolute Gasteiger partial charge is 0.281 e. The summed E-state index contributed by atoms with van der Waals surface area (Å²) in [6.07, 6.45) is 2.05. The number of piperidine rings is 1. The van der Waals surface area contributed by atoms with E-state index >= 15 is 0 Å². The fourth-order valence-corrected chi connectivity index (χ4v) is 5.95. The summed E-state index contributed by atoms with van der Waals surface area (Å²) in [5.74, 6) is -0.371. The van der Waals surface area contributed by atoms with Crippen molar-refractivity contribution in [2.75, 3.05) is 53.3 Å². The number of likely N-dealkylation sites (tertiary alicyclic amines) is 1. The van der Waals surface area contributed by atoms with Crippen LogP contribution < -0.4 is 25.6 Å². The summed E-state index contributed by atoms with van der Waals surface area (Å²) in [7, 11) is 7.15. The van der Waals surface area contributed by atoms with Gasteiger partial charge in [-0.2, -0.15) is 0 Å². The number of hydrogen-bond acceptors (Lipinski definition) is 8. The third-order valence-electron chi connectivity index (χ3n) is 6.72. The largest absolute Gasteiger partial charge is 0.497 e. The molecule has 10 nitrogen and oxygen atoms in total. The van der Waals surface area contributed by atoms with E-state index in [1.165, 1.54) is 24.5 Å². The van der Waals surface area contributed by atoms with E-state index in [1.807, 2.05) is 0 Å². The molecule has 0 radical (unpaired) electrons. The van der Waals surface area contributed by atoms with Crippen LogP contribution in [0, 0.1) is 0 Å². The van der Waals surface area contributed by atoms with E-state index in [4.69, 9.17) is 21.1 Å². The predicted molar refractivity (Wildman–Crippen MR) is 153 cm³/mol. The molecule has 0 aliphatic carbocycles. The van der Waals surface area contributed by atoms with Gasteiger partial charge < -0.3 is 19.7 Å². The summed E-state index contributed by atoms with van der Waals surface area (Å²) in [4.78, 5) is 42.8. The van der Waals surface area contributed by atoms with Crippen molar-refractivity contribution >= 4 is 56.4 Å². The standard InChI is InChI=1S/C27H32ClN5O5S/c1-32(2)17-9-11-33(12-10-17)15-23(34)29-16-5-7-19(21(13-16)38-4)26(35)30-31-27(36)25-24(28)20-8-6-18(37-3)14-22(20)39-25/h5-8,13-14,17H,9-12,15H2,1-4H3,(H,29,34)(H,30,35)(H,31,36). The fourth-order valence-electron chi connectivity index (χ4n) is 4.51. The van der Waals surface area contributed by atoms with E-state index in [0.29, 0.717) is 29.0 Å².